The molecule has 2 aromatic rings. The second kappa shape index (κ2) is 7.56. The zero-order valence-electron chi connectivity index (χ0n) is 15.2. The summed E-state index contributed by atoms with van der Waals surface area (Å²) in [6, 6.07) is 8.28. The van der Waals surface area contributed by atoms with E-state index >= 15 is 0 Å². The first-order valence-corrected chi connectivity index (χ1v) is 10.1. The molecule has 0 unspecified atom stereocenters. The number of hydrogen-bond donors (Lipinski definition) is 1. The zero-order valence-corrected chi connectivity index (χ0v) is 16.0. The van der Waals surface area contributed by atoms with Crippen molar-refractivity contribution in [1.29, 1.82) is 0 Å². The van der Waals surface area contributed by atoms with Crippen molar-refractivity contribution in [1.82, 2.24) is 0 Å². The number of halogens is 1. The van der Waals surface area contributed by atoms with Gasteiger partial charge in [0, 0.05) is 18.7 Å². The lowest BCUT2D eigenvalue weighted by Gasteiger charge is -2.28. The van der Waals surface area contributed by atoms with Crippen LogP contribution in [0.15, 0.2) is 41.3 Å². The Morgan fingerprint density at radius 1 is 1.15 bits per heavy atom. The van der Waals surface area contributed by atoms with E-state index in [-0.39, 0.29) is 16.6 Å². The van der Waals surface area contributed by atoms with Gasteiger partial charge in [-0.25, -0.2) is 12.8 Å². The van der Waals surface area contributed by atoms with Crippen molar-refractivity contribution in [3.63, 3.8) is 0 Å². The highest BCUT2D eigenvalue weighted by Crippen LogP contribution is 2.30. The number of anilines is 2. The Labute approximate surface area is 158 Å². The van der Waals surface area contributed by atoms with E-state index in [4.69, 9.17) is 4.74 Å². The summed E-state index contributed by atoms with van der Waals surface area (Å²) < 4.78 is 46.5. The number of sulfonamides is 1. The Bertz CT molecular complexity index is 976. The third-order valence-electron chi connectivity index (χ3n) is 4.49. The first kappa shape index (κ1) is 19.2. The largest absolute Gasteiger partial charge is 0.495 e. The lowest BCUT2D eigenvalue weighted by molar-refractivity contribution is -0.119. The molecule has 0 saturated carbocycles. The Kier molecular flexibility index (Phi) is 5.36. The number of rotatable bonds is 5. The summed E-state index contributed by atoms with van der Waals surface area (Å²) in [5, 5.41) is 0. The van der Waals surface area contributed by atoms with Gasteiger partial charge >= 0.3 is 0 Å². The van der Waals surface area contributed by atoms with Gasteiger partial charge in [0.25, 0.3) is 10.0 Å². The van der Waals surface area contributed by atoms with Crippen LogP contribution in [0.2, 0.25) is 0 Å². The summed E-state index contributed by atoms with van der Waals surface area (Å²) in [4.78, 5) is 13.6. The molecule has 1 amide bonds. The van der Waals surface area contributed by atoms with E-state index in [1.54, 1.807) is 23.1 Å². The van der Waals surface area contributed by atoms with Crippen molar-refractivity contribution >= 4 is 27.3 Å². The minimum Gasteiger partial charge on any atom is -0.495 e. The molecule has 3 rings (SSSR count). The van der Waals surface area contributed by atoms with E-state index in [0.717, 1.165) is 30.5 Å². The minimum atomic E-state index is -4.07. The average molecular weight is 392 g/mol. The zero-order chi connectivity index (χ0) is 19.6. The fourth-order valence-corrected chi connectivity index (χ4v) is 4.33. The number of piperidine rings is 1. The first-order chi connectivity index (χ1) is 12.8. The van der Waals surface area contributed by atoms with Gasteiger partial charge in [0.2, 0.25) is 5.91 Å². The van der Waals surface area contributed by atoms with Gasteiger partial charge in [-0.15, -0.1) is 0 Å². The van der Waals surface area contributed by atoms with E-state index in [1.807, 2.05) is 6.92 Å². The first-order valence-electron chi connectivity index (χ1n) is 8.59. The molecular formula is C19H21FN2O4S. The van der Waals surface area contributed by atoms with Gasteiger partial charge in [-0.1, -0.05) is 6.07 Å². The molecule has 1 aliphatic heterocycles. The van der Waals surface area contributed by atoms with Gasteiger partial charge in [0.05, 0.1) is 12.8 Å². The van der Waals surface area contributed by atoms with Crippen molar-refractivity contribution in [3.05, 3.63) is 47.8 Å². The topological polar surface area (TPSA) is 75.7 Å². The highest BCUT2D eigenvalue weighted by Gasteiger charge is 2.24. The molecule has 6 nitrogen and oxygen atoms in total. The van der Waals surface area contributed by atoms with Crippen molar-refractivity contribution in [2.24, 2.45) is 0 Å². The number of carbonyl (C=O) groups is 1. The SMILES string of the molecule is COc1ccc(F)cc1S(=O)(=O)Nc1ccc(C)c(N2CCCCC2=O)c1. The lowest BCUT2D eigenvalue weighted by atomic mass is 10.1. The molecule has 0 aliphatic carbocycles. The number of nitrogens with zero attached hydrogens (tertiary/aromatic N) is 1. The average Bonchev–Trinajstić information content (AvgIpc) is 2.64. The second-order valence-electron chi connectivity index (χ2n) is 6.40. The van der Waals surface area contributed by atoms with Crippen LogP contribution in [0.5, 0.6) is 5.75 Å². The third kappa shape index (κ3) is 4.05. The monoisotopic (exact) mass is 392 g/mol. The van der Waals surface area contributed by atoms with E-state index in [1.165, 1.54) is 13.2 Å². The number of carbonyl (C=O) groups excluding carboxylic acids is 1. The molecule has 2 aromatic carbocycles. The smallest absolute Gasteiger partial charge is 0.265 e. The van der Waals surface area contributed by atoms with Crippen molar-refractivity contribution in [3.8, 4) is 5.75 Å². The number of nitrogens with one attached hydrogen (secondary N) is 1. The molecule has 1 saturated heterocycles. The standard InChI is InChI=1S/C19H21FN2O4S/c1-13-6-8-15(12-16(13)22-10-4-3-5-19(22)23)21-27(24,25)18-11-14(20)7-9-17(18)26-2/h6-9,11-12,21H,3-5,10H2,1-2H3. The number of methoxy groups -OCH3 is 1. The Morgan fingerprint density at radius 3 is 2.63 bits per heavy atom. The Hall–Kier alpha value is -2.61. The van der Waals surface area contributed by atoms with Crippen LogP contribution in [0.4, 0.5) is 15.8 Å². The molecule has 0 bridgehead atoms. The summed E-state index contributed by atoms with van der Waals surface area (Å²) >= 11 is 0. The lowest BCUT2D eigenvalue weighted by Crippen LogP contribution is -2.35. The number of aryl methyl sites for hydroxylation is 1. The normalized spacial score (nSPS) is 14.9. The predicted octanol–water partition coefficient (Wildman–Crippen LogP) is 3.46. The van der Waals surface area contributed by atoms with Gasteiger partial charge in [-0.3, -0.25) is 9.52 Å². The van der Waals surface area contributed by atoms with Crippen molar-refractivity contribution < 1.29 is 22.3 Å². The van der Waals surface area contributed by atoms with Gasteiger partial charge in [0.1, 0.15) is 16.5 Å². The molecule has 144 valence electrons. The molecule has 0 spiro atoms. The summed E-state index contributed by atoms with van der Waals surface area (Å²) in [6.45, 7) is 2.47. The Morgan fingerprint density at radius 2 is 1.93 bits per heavy atom. The molecule has 1 aliphatic rings. The fourth-order valence-electron chi connectivity index (χ4n) is 3.09. The summed E-state index contributed by atoms with van der Waals surface area (Å²) in [6.07, 6.45) is 2.25. The minimum absolute atomic E-state index is 0.0242. The van der Waals surface area contributed by atoms with Crippen LogP contribution in [0.3, 0.4) is 0 Å². The third-order valence-corrected chi connectivity index (χ3v) is 5.89. The van der Waals surface area contributed by atoms with Crippen molar-refractivity contribution in [2.45, 2.75) is 31.1 Å². The molecule has 0 aromatic heterocycles. The van der Waals surface area contributed by atoms with Crippen LogP contribution in [-0.2, 0) is 14.8 Å². The maximum absolute atomic E-state index is 13.6. The van der Waals surface area contributed by atoms with Crippen molar-refractivity contribution in [2.75, 3.05) is 23.3 Å². The molecule has 0 atom stereocenters. The van der Waals surface area contributed by atoms with Crippen LogP contribution in [0, 0.1) is 12.7 Å². The number of amides is 1. The highest BCUT2D eigenvalue weighted by molar-refractivity contribution is 7.92. The molecule has 8 heteroatoms. The maximum Gasteiger partial charge on any atom is 0.265 e. The summed E-state index contributed by atoms with van der Waals surface area (Å²) in [5.74, 6) is -0.613. The Balaban J connectivity index is 1.95. The molecule has 27 heavy (non-hydrogen) atoms. The molecule has 1 N–H and O–H groups in total. The van der Waals surface area contributed by atoms with Gasteiger partial charge in [-0.05, 0) is 55.7 Å². The predicted molar refractivity (Wildman–Crippen MR) is 101 cm³/mol. The van der Waals surface area contributed by atoms with Crippen LogP contribution in [0.25, 0.3) is 0 Å². The van der Waals surface area contributed by atoms with Crippen LogP contribution in [0.1, 0.15) is 24.8 Å². The molecule has 1 heterocycles. The van der Waals surface area contributed by atoms with Gasteiger partial charge in [0.15, 0.2) is 0 Å². The fraction of sp³-hybridized carbons (Fsp3) is 0.316. The summed E-state index contributed by atoms with van der Waals surface area (Å²) in [7, 11) is -2.75. The summed E-state index contributed by atoms with van der Waals surface area (Å²) in [5.41, 5.74) is 1.84. The maximum atomic E-state index is 13.6. The van der Waals surface area contributed by atoms with Gasteiger partial charge < -0.3 is 9.64 Å². The quantitative estimate of drug-likeness (QED) is 0.846. The molecule has 1 fully saturated rings. The van der Waals surface area contributed by atoms with E-state index < -0.39 is 15.8 Å². The van der Waals surface area contributed by atoms with Crippen LogP contribution in [-0.4, -0.2) is 28.0 Å². The number of ether oxygens (including phenoxy) is 1. The molecular weight excluding hydrogens is 371 g/mol. The van der Waals surface area contributed by atoms with E-state index in [0.29, 0.717) is 24.3 Å². The van der Waals surface area contributed by atoms with Crippen LogP contribution < -0.4 is 14.4 Å². The van der Waals surface area contributed by atoms with Crippen LogP contribution >= 0.6 is 0 Å². The second-order valence-corrected chi connectivity index (χ2v) is 8.06. The van der Waals surface area contributed by atoms with E-state index in [9.17, 15) is 17.6 Å². The van der Waals surface area contributed by atoms with Gasteiger partial charge in [-0.2, -0.15) is 0 Å². The van der Waals surface area contributed by atoms with E-state index in [2.05, 4.69) is 4.72 Å². The number of hydrogen-bond acceptors (Lipinski definition) is 4. The number of benzene rings is 2. The highest BCUT2D eigenvalue weighted by atomic mass is 32.2. The molecule has 0 radical (unpaired) electrons.